The first kappa shape index (κ1) is 11.1. The predicted octanol–water partition coefficient (Wildman–Crippen LogP) is 1.91. The van der Waals surface area contributed by atoms with E-state index in [4.69, 9.17) is 0 Å². The summed E-state index contributed by atoms with van der Waals surface area (Å²) >= 11 is 0. The Morgan fingerprint density at radius 3 is 2.75 bits per heavy atom. The molecule has 1 aromatic rings. The van der Waals surface area contributed by atoms with Gasteiger partial charge in [0.2, 0.25) is 5.91 Å². The van der Waals surface area contributed by atoms with E-state index in [9.17, 15) is 9.90 Å². The monoisotopic (exact) mass is 219 g/mol. The molecule has 1 aliphatic rings. The number of β-amino-alcohol motifs (C(OH)–C–C–N with tert-alkyl or cyclic N) is 1. The highest BCUT2D eigenvalue weighted by molar-refractivity contribution is 5.96. The minimum absolute atomic E-state index is 0.00778. The second-order valence-corrected chi connectivity index (χ2v) is 4.61. The third-order valence-corrected chi connectivity index (χ3v) is 2.95. The Labute approximate surface area is 95.7 Å². The maximum Gasteiger partial charge on any atom is 0.229 e. The highest BCUT2D eigenvalue weighted by Crippen LogP contribution is 2.25. The number of rotatable bonds is 2. The van der Waals surface area contributed by atoms with Gasteiger partial charge >= 0.3 is 0 Å². The van der Waals surface area contributed by atoms with Crippen molar-refractivity contribution < 1.29 is 9.90 Å². The number of hydrogen-bond donors (Lipinski definition) is 1. The second kappa shape index (κ2) is 4.26. The van der Waals surface area contributed by atoms with E-state index in [1.165, 1.54) is 5.56 Å². The summed E-state index contributed by atoms with van der Waals surface area (Å²) in [7, 11) is 0. The van der Waals surface area contributed by atoms with E-state index in [1.807, 2.05) is 18.2 Å². The van der Waals surface area contributed by atoms with Gasteiger partial charge in [-0.15, -0.1) is 0 Å². The number of anilines is 1. The Morgan fingerprint density at radius 2 is 2.19 bits per heavy atom. The molecule has 1 amide bonds. The zero-order chi connectivity index (χ0) is 11.7. The fraction of sp³-hybridized carbons (Fsp3) is 0.462. The van der Waals surface area contributed by atoms with Crippen LogP contribution < -0.4 is 4.90 Å². The lowest BCUT2D eigenvalue weighted by molar-refractivity contribution is -0.117. The van der Waals surface area contributed by atoms with Crippen LogP contribution in [0.4, 0.5) is 5.69 Å². The van der Waals surface area contributed by atoms with Crippen LogP contribution in [0.5, 0.6) is 0 Å². The molecule has 0 spiro atoms. The topological polar surface area (TPSA) is 40.5 Å². The third-order valence-electron chi connectivity index (χ3n) is 2.95. The fourth-order valence-electron chi connectivity index (χ4n) is 1.99. The largest absolute Gasteiger partial charge is 0.391 e. The van der Waals surface area contributed by atoms with E-state index < -0.39 is 6.10 Å². The molecule has 1 atom stereocenters. The van der Waals surface area contributed by atoms with E-state index in [-0.39, 0.29) is 12.3 Å². The van der Waals surface area contributed by atoms with E-state index in [1.54, 1.807) is 4.90 Å². The van der Waals surface area contributed by atoms with Gasteiger partial charge in [0.25, 0.3) is 0 Å². The SMILES string of the molecule is CC(C)c1cccc(N2CC(O)CC2=O)c1. The third kappa shape index (κ3) is 2.09. The van der Waals surface area contributed by atoms with Crippen molar-refractivity contribution in [3.63, 3.8) is 0 Å². The van der Waals surface area contributed by atoms with Crippen molar-refractivity contribution >= 4 is 11.6 Å². The lowest BCUT2D eigenvalue weighted by Crippen LogP contribution is -2.25. The van der Waals surface area contributed by atoms with Crippen molar-refractivity contribution in [3.8, 4) is 0 Å². The van der Waals surface area contributed by atoms with Crippen LogP contribution in [0.1, 0.15) is 31.7 Å². The molecule has 1 unspecified atom stereocenters. The molecule has 1 N–H and O–H groups in total. The Bertz CT molecular complexity index is 401. The summed E-state index contributed by atoms with van der Waals surface area (Å²) in [5.41, 5.74) is 2.11. The first-order chi connectivity index (χ1) is 7.58. The molecule has 1 aromatic carbocycles. The molecule has 1 aliphatic heterocycles. The van der Waals surface area contributed by atoms with Crippen LogP contribution in [-0.4, -0.2) is 23.7 Å². The van der Waals surface area contributed by atoms with Crippen molar-refractivity contribution in [2.24, 2.45) is 0 Å². The van der Waals surface area contributed by atoms with Gasteiger partial charge < -0.3 is 10.0 Å². The van der Waals surface area contributed by atoms with Crippen molar-refractivity contribution in [1.29, 1.82) is 0 Å². The summed E-state index contributed by atoms with van der Waals surface area (Å²) in [5.74, 6) is 0.455. The van der Waals surface area contributed by atoms with E-state index in [2.05, 4.69) is 19.9 Å². The second-order valence-electron chi connectivity index (χ2n) is 4.61. The Balaban J connectivity index is 2.27. The zero-order valence-corrected chi connectivity index (χ0v) is 9.68. The quantitative estimate of drug-likeness (QED) is 0.825. The summed E-state index contributed by atoms with van der Waals surface area (Å²) in [4.78, 5) is 13.3. The number of aliphatic hydroxyl groups excluding tert-OH is 1. The number of carbonyl (C=O) groups excluding carboxylic acids is 1. The number of hydrogen-bond acceptors (Lipinski definition) is 2. The molecule has 0 aliphatic carbocycles. The molecule has 0 saturated carbocycles. The van der Waals surface area contributed by atoms with E-state index in [0.29, 0.717) is 12.5 Å². The number of benzene rings is 1. The molecule has 3 nitrogen and oxygen atoms in total. The Kier molecular flexibility index (Phi) is 2.97. The summed E-state index contributed by atoms with van der Waals surface area (Å²) in [6, 6.07) is 7.97. The Morgan fingerprint density at radius 1 is 1.44 bits per heavy atom. The van der Waals surface area contributed by atoms with E-state index in [0.717, 1.165) is 5.69 Å². The van der Waals surface area contributed by atoms with Crippen LogP contribution in [0.25, 0.3) is 0 Å². The number of amides is 1. The summed E-state index contributed by atoms with van der Waals surface area (Å²) in [5, 5.41) is 9.45. The van der Waals surface area contributed by atoms with Crippen LogP contribution in [0.3, 0.4) is 0 Å². The normalized spacial score (nSPS) is 20.9. The van der Waals surface area contributed by atoms with Crippen LogP contribution in [0.15, 0.2) is 24.3 Å². The van der Waals surface area contributed by atoms with Crippen molar-refractivity contribution in [1.82, 2.24) is 0 Å². The molecule has 0 aromatic heterocycles. The minimum Gasteiger partial charge on any atom is -0.391 e. The number of carbonyl (C=O) groups is 1. The molecule has 0 radical (unpaired) electrons. The first-order valence-corrected chi connectivity index (χ1v) is 5.66. The van der Waals surface area contributed by atoms with Gasteiger partial charge in [-0.05, 0) is 23.6 Å². The van der Waals surface area contributed by atoms with E-state index >= 15 is 0 Å². The molecular weight excluding hydrogens is 202 g/mol. The van der Waals surface area contributed by atoms with Crippen molar-refractivity contribution in [2.75, 3.05) is 11.4 Å². The fourth-order valence-corrected chi connectivity index (χ4v) is 1.99. The lowest BCUT2D eigenvalue weighted by Gasteiger charge is -2.17. The van der Waals surface area contributed by atoms with Gasteiger partial charge in [0.15, 0.2) is 0 Å². The Hall–Kier alpha value is -1.35. The van der Waals surface area contributed by atoms with Crippen molar-refractivity contribution in [2.45, 2.75) is 32.3 Å². The first-order valence-electron chi connectivity index (χ1n) is 5.66. The van der Waals surface area contributed by atoms with Gasteiger partial charge in [0.1, 0.15) is 0 Å². The van der Waals surface area contributed by atoms with Crippen LogP contribution in [0.2, 0.25) is 0 Å². The molecule has 16 heavy (non-hydrogen) atoms. The highest BCUT2D eigenvalue weighted by atomic mass is 16.3. The van der Waals surface area contributed by atoms with Crippen molar-refractivity contribution in [3.05, 3.63) is 29.8 Å². The molecule has 0 bridgehead atoms. The number of aliphatic hydroxyl groups is 1. The standard InChI is InChI=1S/C13H17NO2/c1-9(2)10-4-3-5-11(6-10)14-8-12(15)7-13(14)16/h3-6,9,12,15H,7-8H2,1-2H3. The zero-order valence-electron chi connectivity index (χ0n) is 9.68. The minimum atomic E-state index is -0.518. The average Bonchev–Trinajstić information content (AvgIpc) is 2.58. The smallest absolute Gasteiger partial charge is 0.229 e. The maximum atomic E-state index is 11.6. The molecule has 2 rings (SSSR count). The van der Waals surface area contributed by atoms with Gasteiger partial charge in [-0.2, -0.15) is 0 Å². The van der Waals surface area contributed by atoms with Crippen LogP contribution in [0, 0.1) is 0 Å². The predicted molar refractivity (Wildman–Crippen MR) is 63.5 cm³/mol. The summed E-state index contributed by atoms with van der Waals surface area (Å²) in [6.07, 6.45) is -0.276. The van der Waals surface area contributed by atoms with Crippen LogP contribution >= 0.6 is 0 Å². The van der Waals surface area contributed by atoms with Gasteiger partial charge in [0.05, 0.1) is 19.1 Å². The number of nitrogens with zero attached hydrogens (tertiary/aromatic N) is 1. The highest BCUT2D eigenvalue weighted by Gasteiger charge is 2.29. The molecule has 1 heterocycles. The summed E-state index contributed by atoms with van der Waals surface area (Å²) in [6.45, 7) is 4.67. The van der Waals surface area contributed by atoms with Gasteiger partial charge in [0, 0.05) is 5.69 Å². The van der Waals surface area contributed by atoms with Gasteiger partial charge in [-0.1, -0.05) is 26.0 Å². The molecule has 1 saturated heterocycles. The maximum absolute atomic E-state index is 11.6. The molecular formula is C13H17NO2. The van der Waals surface area contributed by atoms with Gasteiger partial charge in [-0.25, -0.2) is 0 Å². The average molecular weight is 219 g/mol. The summed E-state index contributed by atoms with van der Waals surface area (Å²) < 4.78 is 0. The van der Waals surface area contributed by atoms with Crippen LogP contribution in [-0.2, 0) is 4.79 Å². The molecule has 86 valence electrons. The van der Waals surface area contributed by atoms with Gasteiger partial charge in [-0.3, -0.25) is 4.79 Å². The molecule has 1 fully saturated rings. The lowest BCUT2D eigenvalue weighted by atomic mass is 10.0. The molecule has 3 heteroatoms.